The smallest absolute Gasteiger partial charge is 0.270 e. The van der Waals surface area contributed by atoms with Crippen LogP contribution in [-0.4, -0.2) is 34.5 Å². The number of nitrogens with zero attached hydrogens (tertiary/aromatic N) is 2. The van der Waals surface area contributed by atoms with E-state index in [1.54, 1.807) is 0 Å². The quantitative estimate of drug-likeness (QED) is 0.880. The number of aromatic nitrogens is 1. The fourth-order valence-corrected chi connectivity index (χ4v) is 3.71. The van der Waals surface area contributed by atoms with Gasteiger partial charge in [-0.1, -0.05) is 24.6 Å². The molecule has 4 heteroatoms. The monoisotopic (exact) mass is 299 g/mol. The van der Waals surface area contributed by atoms with Crippen molar-refractivity contribution in [1.82, 2.24) is 9.47 Å². The predicted octanol–water partition coefficient (Wildman–Crippen LogP) is 2.75. The number of aryl methyl sites for hydroxylation is 3. The number of benzene rings is 1. The number of carbonyl (C=O) groups excluding carboxylic acids is 1. The second kappa shape index (κ2) is 5.76. The lowest BCUT2D eigenvalue weighted by Gasteiger charge is -2.23. The number of likely N-dealkylation sites (tertiary alicyclic amines) is 1. The summed E-state index contributed by atoms with van der Waals surface area (Å²) in [5.74, 6) is 0.118. The Morgan fingerprint density at radius 2 is 2.05 bits per heavy atom. The zero-order valence-electron chi connectivity index (χ0n) is 13.7. The van der Waals surface area contributed by atoms with Crippen LogP contribution in [-0.2, 0) is 7.05 Å². The van der Waals surface area contributed by atoms with Gasteiger partial charge in [-0.15, -0.1) is 0 Å². The maximum Gasteiger partial charge on any atom is 0.270 e. The molecule has 1 fully saturated rings. The third-order valence-corrected chi connectivity index (χ3v) is 4.87. The van der Waals surface area contributed by atoms with Crippen LogP contribution in [0.5, 0.6) is 0 Å². The van der Waals surface area contributed by atoms with Crippen LogP contribution in [0.4, 0.5) is 0 Å². The standard InChI is InChI=1S/C18H25N3O/c1-12-7-6-9-15-13(2)17(20(3)16(12)15)18(22)21-10-5-4-8-14(19)11-21/h6-7,9,14H,4-5,8,10-11,19H2,1-3H3/t14-/m0/s1. The maximum atomic E-state index is 13.1. The van der Waals surface area contributed by atoms with E-state index in [4.69, 9.17) is 5.73 Å². The van der Waals surface area contributed by atoms with E-state index in [0.717, 1.165) is 42.6 Å². The Balaban J connectivity index is 2.06. The predicted molar refractivity (Wildman–Crippen MR) is 90.1 cm³/mol. The number of rotatable bonds is 1. The molecule has 1 aliphatic heterocycles. The molecule has 1 amide bonds. The Labute approximate surface area is 131 Å². The highest BCUT2D eigenvalue weighted by Gasteiger charge is 2.26. The summed E-state index contributed by atoms with van der Waals surface area (Å²) in [5, 5.41) is 1.17. The summed E-state index contributed by atoms with van der Waals surface area (Å²) in [4.78, 5) is 15.0. The van der Waals surface area contributed by atoms with Gasteiger partial charge in [0.15, 0.2) is 0 Å². The van der Waals surface area contributed by atoms with Crippen LogP contribution in [0.2, 0.25) is 0 Å². The number of hydrogen-bond acceptors (Lipinski definition) is 2. The van der Waals surface area contributed by atoms with Gasteiger partial charge in [0.25, 0.3) is 5.91 Å². The lowest BCUT2D eigenvalue weighted by molar-refractivity contribution is 0.0745. The fourth-order valence-electron chi connectivity index (χ4n) is 3.71. The third kappa shape index (κ3) is 2.41. The van der Waals surface area contributed by atoms with Crippen LogP contribution in [0.15, 0.2) is 18.2 Å². The molecule has 4 nitrogen and oxygen atoms in total. The third-order valence-electron chi connectivity index (χ3n) is 4.87. The summed E-state index contributed by atoms with van der Waals surface area (Å²) >= 11 is 0. The topological polar surface area (TPSA) is 51.3 Å². The van der Waals surface area contributed by atoms with Crippen molar-refractivity contribution in [3.63, 3.8) is 0 Å². The molecule has 1 aromatic heterocycles. The average Bonchev–Trinajstić information content (AvgIpc) is 2.64. The molecule has 1 aromatic carbocycles. The minimum Gasteiger partial charge on any atom is -0.339 e. The van der Waals surface area contributed by atoms with Crippen molar-refractivity contribution in [2.45, 2.75) is 39.2 Å². The van der Waals surface area contributed by atoms with E-state index in [1.807, 2.05) is 18.9 Å². The number of hydrogen-bond donors (Lipinski definition) is 1. The van der Waals surface area contributed by atoms with Crippen LogP contribution in [0.1, 0.15) is 40.9 Å². The van der Waals surface area contributed by atoms with Gasteiger partial charge in [-0.25, -0.2) is 0 Å². The Morgan fingerprint density at radius 1 is 1.27 bits per heavy atom. The molecule has 0 spiro atoms. The first kappa shape index (κ1) is 15.1. The van der Waals surface area contributed by atoms with E-state index in [-0.39, 0.29) is 11.9 Å². The SMILES string of the molecule is Cc1c(C(=O)N2CCCC[C@H](N)C2)n(C)c2c(C)cccc12. The second-order valence-electron chi connectivity index (χ2n) is 6.51. The number of para-hydroxylation sites is 1. The number of amides is 1. The normalized spacial score (nSPS) is 19.5. The van der Waals surface area contributed by atoms with Crippen LogP contribution < -0.4 is 5.73 Å². The molecule has 118 valence electrons. The summed E-state index contributed by atoms with van der Waals surface area (Å²) in [6.45, 7) is 5.62. The zero-order chi connectivity index (χ0) is 15.9. The van der Waals surface area contributed by atoms with Gasteiger partial charge in [0, 0.05) is 31.6 Å². The fraction of sp³-hybridized carbons (Fsp3) is 0.500. The van der Waals surface area contributed by atoms with Crippen molar-refractivity contribution in [1.29, 1.82) is 0 Å². The van der Waals surface area contributed by atoms with Gasteiger partial charge >= 0.3 is 0 Å². The number of fused-ring (bicyclic) bond motifs is 1. The number of nitrogens with two attached hydrogens (primary N) is 1. The zero-order valence-corrected chi connectivity index (χ0v) is 13.7. The van der Waals surface area contributed by atoms with Gasteiger partial charge in [-0.2, -0.15) is 0 Å². The molecule has 3 rings (SSSR count). The van der Waals surface area contributed by atoms with Crippen molar-refractivity contribution < 1.29 is 4.79 Å². The molecule has 2 aromatic rings. The van der Waals surface area contributed by atoms with E-state index >= 15 is 0 Å². The van der Waals surface area contributed by atoms with Gasteiger partial charge in [-0.3, -0.25) is 4.79 Å². The Morgan fingerprint density at radius 3 is 2.77 bits per heavy atom. The first-order valence-corrected chi connectivity index (χ1v) is 8.10. The molecule has 1 aliphatic rings. The maximum absolute atomic E-state index is 13.1. The van der Waals surface area contributed by atoms with E-state index < -0.39 is 0 Å². The summed E-state index contributed by atoms with van der Waals surface area (Å²) in [7, 11) is 1.99. The molecule has 0 aliphatic carbocycles. The number of carbonyl (C=O) groups is 1. The molecule has 0 unspecified atom stereocenters. The molecule has 2 N–H and O–H groups in total. The molecular weight excluding hydrogens is 274 g/mol. The average molecular weight is 299 g/mol. The lowest BCUT2D eigenvalue weighted by Crippen LogP contribution is -2.40. The van der Waals surface area contributed by atoms with Crippen molar-refractivity contribution >= 4 is 16.8 Å². The summed E-state index contributed by atoms with van der Waals surface area (Å²) < 4.78 is 2.05. The van der Waals surface area contributed by atoms with Crippen molar-refractivity contribution in [2.24, 2.45) is 12.8 Å². The Bertz CT molecular complexity index is 717. The minimum atomic E-state index is 0.100. The van der Waals surface area contributed by atoms with Gasteiger partial charge in [0.1, 0.15) is 5.69 Å². The highest BCUT2D eigenvalue weighted by Crippen LogP contribution is 2.28. The van der Waals surface area contributed by atoms with Crippen LogP contribution in [0.3, 0.4) is 0 Å². The highest BCUT2D eigenvalue weighted by molar-refractivity contribution is 6.02. The molecule has 1 saturated heterocycles. The molecule has 0 saturated carbocycles. The van der Waals surface area contributed by atoms with E-state index in [1.165, 1.54) is 10.9 Å². The molecule has 22 heavy (non-hydrogen) atoms. The Hall–Kier alpha value is -1.81. The molecule has 2 heterocycles. The van der Waals surface area contributed by atoms with Crippen LogP contribution >= 0.6 is 0 Å². The van der Waals surface area contributed by atoms with Crippen molar-refractivity contribution in [2.75, 3.05) is 13.1 Å². The van der Waals surface area contributed by atoms with Crippen molar-refractivity contribution in [3.05, 3.63) is 35.0 Å². The molecule has 0 bridgehead atoms. The van der Waals surface area contributed by atoms with Gasteiger partial charge < -0.3 is 15.2 Å². The van der Waals surface area contributed by atoms with Gasteiger partial charge in [-0.05, 0) is 37.8 Å². The minimum absolute atomic E-state index is 0.100. The van der Waals surface area contributed by atoms with Gasteiger partial charge in [0.2, 0.25) is 0 Å². The largest absolute Gasteiger partial charge is 0.339 e. The van der Waals surface area contributed by atoms with E-state index in [0.29, 0.717) is 6.54 Å². The van der Waals surface area contributed by atoms with Crippen LogP contribution in [0.25, 0.3) is 10.9 Å². The summed E-state index contributed by atoms with van der Waals surface area (Å²) in [6, 6.07) is 6.35. The van der Waals surface area contributed by atoms with Crippen LogP contribution in [0, 0.1) is 13.8 Å². The highest BCUT2D eigenvalue weighted by atomic mass is 16.2. The molecular formula is C18H25N3O. The van der Waals surface area contributed by atoms with E-state index in [9.17, 15) is 4.79 Å². The first-order valence-electron chi connectivity index (χ1n) is 8.10. The second-order valence-corrected chi connectivity index (χ2v) is 6.51. The lowest BCUT2D eigenvalue weighted by atomic mass is 10.1. The molecule has 0 radical (unpaired) electrons. The summed E-state index contributed by atoms with van der Waals surface area (Å²) in [5.41, 5.74) is 10.4. The van der Waals surface area contributed by atoms with Crippen molar-refractivity contribution in [3.8, 4) is 0 Å². The first-order chi connectivity index (χ1) is 10.5. The van der Waals surface area contributed by atoms with Gasteiger partial charge in [0.05, 0.1) is 5.52 Å². The summed E-state index contributed by atoms with van der Waals surface area (Å²) in [6.07, 6.45) is 3.16. The Kier molecular flexibility index (Phi) is 3.96. The molecule has 1 atom stereocenters. The van der Waals surface area contributed by atoms with E-state index in [2.05, 4.69) is 29.7 Å².